The highest BCUT2D eigenvalue weighted by Gasteiger charge is 2.45. The molecule has 2 aliphatic rings. The third-order valence-corrected chi connectivity index (χ3v) is 15.6. The van der Waals surface area contributed by atoms with Crippen LogP contribution in [0.25, 0.3) is 22.3 Å². The van der Waals surface area contributed by atoms with Gasteiger partial charge in [0, 0.05) is 53.0 Å². The molecule has 2 bridgehead atoms. The normalized spacial score (nSPS) is 19.8. The average molecular weight is 553 g/mol. The van der Waals surface area contributed by atoms with Crippen LogP contribution in [0.4, 0.5) is 0 Å². The summed E-state index contributed by atoms with van der Waals surface area (Å²) in [6, 6.07) is 12.6. The molecule has 4 aromatic rings. The smallest absolute Gasteiger partial charge is 0.254 e. The SMILES string of the molecule is [2H]C([2H])([2H])N1C(=O)c2cccc(C#C[Si](C(C)C)(C(C)C)C(C)C)c2[C@H]2C[C@@H]1c1nc3ccc(-c4ccn(C)n4)cc3n12. The molecular weight excluding hydrogens is 510 g/mol. The maximum atomic E-state index is 14.1. The third-order valence-electron chi connectivity index (χ3n) is 9.26. The number of hydrogen-bond acceptors (Lipinski definition) is 3. The van der Waals surface area contributed by atoms with Crippen LogP contribution in [0.15, 0.2) is 48.7 Å². The predicted molar refractivity (Wildman–Crippen MR) is 164 cm³/mol. The van der Waals surface area contributed by atoms with Crippen molar-refractivity contribution in [3.05, 3.63) is 71.2 Å². The number of amides is 1. The van der Waals surface area contributed by atoms with Gasteiger partial charge in [0.25, 0.3) is 5.91 Å². The fourth-order valence-corrected chi connectivity index (χ4v) is 12.6. The lowest BCUT2D eigenvalue weighted by Gasteiger charge is -2.38. The van der Waals surface area contributed by atoms with Crippen LogP contribution in [-0.4, -0.2) is 45.2 Å². The first-order chi connectivity index (χ1) is 20.3. The standard InChI is InChI=1S/C33H39N5OSi/c1-20(2)40(21(3)4,22(5)6)17-15-23-10-9-11-25-31(23)29-19-30(37(8)33(25)39)32-34-27-13-12-24(18-28(27)38(29)32)26-14-16-36(7)35-26/h9-14,16,18,20-22,29-30H,19H2,1-8H3/t29-,30-/m1/s1/i8D3. The number of carbonyl (C=O) groups excluding carboxylic acids is 1. The Balaban J connectivity index is 1.62. The van der Waals surface area contributed by atoms with Crippen molar-refractivity contribution in [3.63, 3.8) is 0 Å². The maximum absolute atomic E-state index is 14.1. The minimum Gasteiger partial charge on any atom is -0.331 e. The topological polar surface area (TPSA) is 56.0 Å². The van der Waals surface area contributed by atoms with E-state index in [1.165, 1.54) is 0 Å². The van der Waals surface area contributed by atoms with Crippen LogP contribution in [0.1, 0.15) is 91.5 Å². The molecule has 0 fully saturated rings. The van der Waals surface area contributed by atoms with E-state index >= 15 is 0 Å². The molecule has 0 N–H and O–H groups in total. The van der Waals surface area contributed by atoms with Gasteiger partial charge in [-0.15, -0.1) is 5.54 Å². The van der Waals surface area contributed by atoms with Crippen LogP contribution in [0, 0.1) is 11.5 Å². The van der Waals surface area contributed by atoms with Gasteiger partial charge in [-0.05, 0) is 47.0 Å². The molecule has 0 saturated carbocycles. The fraction of sp³-hybridized carbons (Fsp3) is 0.424. The lowest BCUT2D eigenvalue weighted by Crippen LogP contribution is -2.43. The molecule has 0 aliphatic carbocycles. The lowest BCUT2D eigenvalue weighted by atomic mass is 9.93. The fourth-order valence-electron chi connectivity index (χ4n) is 7.39. The van der Waals surface area contributed by atoms with E-state index in [0.717, 1.165) is 38.3 Å². The van der Waals surface area contributed by atoms with Crippen molar-refractivity contribution in [3.8, 4) is 22.7 Å². The number of rotatable bonds is 4. The molecule has 2 aliphatic heterocycles. The summed E-state index contributed by atoms with van der Waals surface area (Å²) in [7, 11) is -0.181. The largest absolute Gasteiger partial charge is 0.331 e. The molecule has 40 heavy (non-hydrogen) atoms. The Morgan fingerprint density at radius 3 is 2.42 bits per heavy atom. The summed E-state index contributed by atoms with van der Waals surface area (Å²) in [6.45, 7) is 11.1. The third kappa shape index (κ3) is 3.80. The summed E-state index contributed by atoms with van der Waals surface area (Å²) in [6.07, 6.45) is 2.34. The number of fused-ring (bicyclic) bond motifs is 9. The van der Waals surface area contributed by atoms with Crippen LogP contribution in [0.5, 0.6) is 0 Å². The highest BCUT2D eigenvalue weighted by Crippen LogP contribution is 2.48. The Hall–Kier alpha value is -3.63. The van der Waals surface area contributed by atoms with Crippen LogP contribution in [0.2, 0.25) is 16.6 Å². The van der Waals surface area contributed by atoms with Crippen molar-refractivity contribution in [2.45, 2.75) is 76.7 Å². The van der Waals surface area contributed by atoms with Gasteiger partial charge < -0.3 is 9.47 Å². The molecule has 0 saturated heterocycles. The Morgan fingerprint density at radius 1 is 1.02 bits per heavy atom. The van der Waals surface area contributed by atoms with Crippen molar-refractivity contribution >= 4 is 25.0 Å². The first kappa shape index (κ1) is 23.1. The van der Waals surface area contributed by atoms with E-state index in [4.69, 9.17) is 9.10 Å². The van der Waals surface area contributed by atoms with Gasteiger partial charge in [0.15, 0.2) is 0 Å². The van der Waals surface area contributed by atoms with Gasteiger partial charge in [0.2, 0.25) is 0 Å². The first-order valence-corrected chi connectivity index (χ1v) is 16.5. The quantitative estimate of drug-likeness (QED) is 0.200. The first-order valence-electron chi connectivity index (χ1n) is 15.8. The second kappa shape index (κ2) is 9.48. The Kier molecular flexibility index (Phi) is 5.48. The van der Waals surface area contributed by atoms with Crippen LogP contribution < -0.4 is 0 Å². The second-order valence-corrected chi connectivity index (χ2v) is 17.9. The van der Waals surface area contributed by atoms with E-state index in [0.29, 0.717) is 34.4 Å². The number of hydrogen-bond donors (Lipinski definition) is 0. The summed E-state index contributed by atoms with van der Waals surface area (Å²) in [5.41, 5.74) is 10.7. The lowest BCUT2D eigenvalue weighted by molar-refractivity contribution is 0.0734. The molecule has 6 nitrogen and oxygen atoms in total. The number of aromatic nitrogens is 4. The minimum absolute atomic E-state index is 0.283. The average Bonchev–Trinajstić information content (AvgIpc) is 3.59. The molecule has 0 spiro atoms. The van der Waals surface area contributed by atoms with Crippen LogP contribution in [-0.2, 0) is 7.05 Å². The summed E-state index contributed by atoms with van der Waals surface area (Å²) >= 11 is 0. The van der Waals surface area contributed by atoms with Crippen molar-refractivity contribution < 1.29 is 8.91 Å². The summed E-state index contributed by atoms with van der Waals surface area (Å²) in [5, 5.41) is 4.59. The molecule has 0 radical (unpaired) electrons. The van der Waals surface area contributed by atoms with Crippen molar-refractivity contribution in [2.75, 3.05) is 6.98 Å². The Bertz CT molecular complexity index is 1780. The molecule has 6 rings (SSSR count). The van der Waals surface area contributed by atoms with E-state index in [1.807, 2.05) is 43.6 Å². The van der Waals surface area contributed by atoms with E-state index in [1.54, 1.807) is 10.7 Å². The molecule has 2 atom stereocenters. The zero-order valence-electron chi connectivity index (χ0n) is 27.4. The number of aryl methyl sites for hydroxylation is 1. The zero-order chi connectivity index (χ0) is 31.0. The van der Waals surface area contributed by atoms with Gasteiger partial charge in [-0.2, -0.15) is 5.10 Å². The van der Waals surface area contributed by atoms with Crippen molar-refractivity contribution in [1.82, 2.24) is 24.2 Å². The monoisotopic (exact) mass is 552 g/mol. The van der Waals surface area contributed by atoms with Crippen LogP contribution >= 0.6 is 0 Å². The summed E-state index contributed by atoms with van der Waals surface area (Å²) < 4.78 is 29.1. The molecule has 7 heteroatoms. The zero-order valence-corrected chi connectivity index (χ0v) is 25.4. The molecule has 2 aromatic carbocycles. The number of nitrogens with zero attached hydrogens (tertiary/aromatic N) is 5. The second-order valence-electron chi connectivity index (χ2n) is 12.3. The molecule has 4 heterocycles. The van der Waals surface area contributed by atoms with E-state index in [-0.39, 0.29) is 6.04 Å². The highest BCUT2D eigenvalue weighted by atomic mass is 28.3. The minimum atomic E-state index is -2.63. The molecule has 1 amide bonds. The van der Waals surface area contributed by atoms with Crippen molar-refractivity contribution in [1.29, 1.82) is 0 Å². The molecule has 206 valence electrons. The molecule has 2 aromatic heterocycles. The van der Waals surface area contributed by atoms with Gasteiger partial charge in [0.1, 0.15) is 13.9 Å². The van der Waals surface area contributed by atoms with Crippen LogP contribution in [0.3, 0.4) is 0 Å². The molecule has 0 unspecified atom stereocenters. The number of benzene rings is 2. The van der Waals surface area contributed by atoms with Gasteiger partial charge in [-0.1, -0.05) is 59.6 Å². The van der Waals surface area contributed by atoms with Gasteiger partial charge >= 0.3 is 0 Å². The predicted octanol–water partition coefficient (Wildman–Crippen LogP) is 7.13. The highest BCUT2D eigenvalue weighted by molar-refractivity contribution is 6.90. The van der Waals surface area contributed by atoms with E-state index < -0.39 is 27.0 Å². The Labute approximate surface area is 242 Å². The van der Waals surface area contributed by atoms with Gasteiger partial charge in [-0.3, -0.25) is 9.48 Å². The summed E-state index contributed by atoms with van der Waals surface area (Å²) in [5.74, 6) is 3.72. The van der Waals surface area contributed by atoms with E-state index in [9.17, 15) is 4.79 Å². The summed E-state index contributed by atoms with van der Waals surface area (Å²) in [4.78, 5) is 20.1. The van der Waals surface area contributed by atoms with Gasteiger partial charge in [0.05, 0.1) is 28.8 Å². The van der Waals surface area contributed by atoms with Crippen molar-refractivity contribution in [2.24, 2.45) is 7.05 Å². The van der Waals surface area contributed by atoms with E-state index in [2.05, 4.69) is 68.7 Å². The number of imidazole rings is 1. The Morgan fingerprint density at radius 2 is 1.77 bits per heavy atom. The number of carbonyl (C=O) groups is 1. The maximum Gasteiger partial charge on any atom is 0.254 e. The molecular formula is C33H39N5OSi. The van der Waals surface area contributed by atoms with Gasteiger partial charge in [-0.25, -0.2) is 4.98 Å².